The average molecular weight is 666 g/mol. The highest BCUT2D eigenvalue weighted by atomic mass is 28.4. The number of allylic oxidation sites excluding steroid dienone is 2. The van der Waals surface area contributed by atoms with Crippen molar-refractivity contribution in [2.75, 3.05) is 6.61 Å². The molecule has 7 heteroatoms. The molecule has 5 nitrogen and oxygen atoms in total. The lowest BCUT2D eigenvalue weighted by Crippen LogP contribution is -2.66. The molecule has 0 aliphatic carbocycles. The van der Waals surface area contributed by atoms with Crippen LogP contribution in [0, 0.1) is 0 Å². The van der Waals surface area contributed by atoms with Crippen molar-refractivity contribution in [3.05, 3.63) is 157 Å². The molecule has 6 rings (SSSR count). The number of benzene rings is 4. The van der Waals surface area contributed by atoms with E-state index >= 15 is 0 Å². The van der Waals surface area contributed by atoms with Crippen molar-refractivity contribution in [1.29, 1.82) is 0 Å². The lowest BCUT2D eigenvalue weighted by molar-refractivity contribution is 0.182. The molecule has 1 aliphatic heterocycles. The summed E-state index contributed by atoms with van der Waals surface area (Å²) in [5.41, 5.74) is 4.73. The van der Waals surface area contributed by atoms with Gasteiger partial charge in [-0.1, -0.05) is 130 Å². The smallest absolute Gasteiger partial charge is 0.458 e. The first-order valence-electron chi connectivity index (χ1n) is 17.0. The zero-order valence-electron chi connectivity index (χ0n) is 28.6. The lowest BCUT2D eigenvalue weighted by Gasteiger charge is -2.43. The molecule has 1 aliphatic rings. The third-order valence-corrected chi connectivity index (χ3v) is 14.4. The Labute approximate surface area is 291 Å². The van der Waals surface area contributed by atoms with Crippen LogP contribution in [0.3, 0.4) is 0 Å². The van der Waals surface area contributed by atoms with E-state index < -0.39 is 15.4 Å². The van der Waals surface area contributed by atoms with Gasteiger partial charge in [-0.15, -0.1) is 0 Å². The van der Waals surface area contributed by atoms with Crippen LogP contribution in [0.15, 0.2) is 145 Å². The number of fused-ring (bicyclic) bond motifs is 1. The summed E-state index contributed by atoms with van der Waals surface area (Å²) in [6.07, 6.45) is 7.29. The van der Waals surface area contributed by atoms with Crippen molar-refractivity contribution in [2.45, 2.75) is 51.1 Å². The van der Waals surface area contributed by atoms with Crippen molar-refractivity contribution in [1.82, 2.24) is 4.98 Å². The van der Waals surface area contributed by atoms with Gasteiger partial charge in [0.15, 0.2) is 0 Å². The van der Waals surface area contributed by atoms with Gasteiger partial charge in [0.1, 0.15) is 5.75 Å². The fourth-order valence-electron chi connectivity index (χ4n) is 7.05. The molecule has 1 unspecified atom stereocenters. The molecule has 0 spiro atoms. The van der Waals surface area contributed by atoms with Crippen molar-refractivity contribution < 1.29 is 19.2 Å². The minimum absolute atomic E-state index is 0.163. The number of aromatic nitrogens is 1. The molecule has 0 amide bonds. The van der Waals surface area contributed by atoms with Crippen molar-refractivity contribution in [3.8, 4) is 5.75 Å². The van der Waals surface area contributed by atoms with Gasteiger partial charge in [0.05, 0.1) is 18.4 Å². The Kier molecular flexibility index (Phi) is 10.5. The standard InChI is InChI=1S/C42H44BNO4Si/c1-31(30-47-49(42(2,3)4,34-15-7-5-8-16-34)35-17-9-6-10-18-35)36-26-27-43(46)48-41(36)25-23-33(39-21-13-14-28-44-39)29-32-22-24-40(45)38-20-12-11-19-37(32)38/h5-22,24,26,28-29,41,45-46H,1,23,25,27,30H2,2-4H3/b33-29-. The van der Waals surface area contributed by atoms with Crippen LogP contribution in [0.25, 0.3) is 22.4 Å². The predicted molar refractivity (Wildman–Crippen MR) is 205 cm³/mol. The Morgan fingerprint density at radius 3 is 2.16 bits per heavy atom. The van der Waals surface area contributed by atoms with E-state index in [1.807, 2.05) is 60.7 Å². The number of phenols is 1. The summed E-state index contributed by atoms with van der Waals surface area (Å²) in [6, 6.07) is 38.7. The summed E-state index contributed by atoms with van der Waals surface area (Å²) < 4.78 is 13.4. The Bertz CT molecular complexity index is 1920. The number of phenolic OH excluding ortho intramolecular Hbond substituents is 1. The quantitative estimate of drug-likeness (QED) is 0.139. The molecule has 0 radical (unpaired) electrons. The topological polar surface area (TPSA) is 71.8 Å². The van der Waals surface area contributed by atoms with Crippen molar-refractivity contribution in [2.24, 2.45) is 0 Å². The SMILES string of the molecule is C=C(CO[Si](c1ccccc1)(c1ccccc1)C(C)(C)C)C1=CCB(O)OC1CC/C(=C/c1ccc(O)c2ccccc12)c1ccccn1. The maximum atomic E-state index is 10.6. The van der Waals surface area contributed by atoms with E-state index in [1.54, 1.807) is 12.3 Å². The number of aromatic hydroxyl groups is 1. The molecule has 2 heterocycles. The third kappa shape index (κ3) is 7.41. The van der Waals surface area contributed by atoms with Gasteiger partial charge in [0, 0.05) is 17.9 Å². The maximum Gasteiger partial charge on any atom is 0.458 e. The minimum Gasteiger partial charge on any atom is -0.507 e. The van der Waals surface area contributed by atoms with Crippen LogP contribution in [0.5, 0.6) is 5.75 Å². The lowest BCUT2D eigenvalue weighted by atomic mass is 9.78. The van der Waals surface area contributed by atoms with Gasteiger partial charge in [-0.3, -0.25) is 4.98 Å². The van der Waals surface area contributed by atoms with Crippen molar-refractivity contribution >= 4 is 48.2 Å². The van der Waals surface area contributed by atoms with Gasteiger partial charge in [-0.2, -0.15) is 0 Å². The Hall–Kier alpha value is -4.53. The molecule has 0 saturated heterocycles. The van der Waals surface area contributed by atoms with E-state index in [0.29, 0.717) is 25.8 Å². The average Bonchev–Trinajstić information content (AvgIpc) is 3.12. The van der Waals surface area contributed by atoms with E-state index in [2.05, 4.69) is 93.0 Å². The van der Waals surface area contributed by atoms with Gasteiger partial charge in [0.2, 0.25) is 0 Å². The number of pyridine rings is 1. The van der Waals surface area contributed by atoms with E-state index in [4.69, 9.17) is 9.08 Å². The first-order valence-corrected chi connectivity index (χ1v) is 18.9. The van der Waals surface area contributed by atoms with E-state index in [9.17, 15) is 10.1 Å². The molecule has 0 fully saturated rings. The van der Waals surface area contributed by atoms with Gasteiger partial charge in [0.25, 0.3) is 8.32 Å². The second kappa shape index (κ2) is 14.9. The third-order valence-electron chi connectivity index (χ3n) is 9.43. The van der Waals surface area contributed by atoms with Crippen LogP contribution >= 0.6 is 0 Å². The van der Waals surface area contributed by atoms with E-state index in [0.717, 1.165) is 38.7 Å². The normalized spacial score (nSPS) is 15.7. The maximum absolute atomic E-state index is 10.6. The highest BCUT2D eigenvalue weighted by molar-refractivity contribution is 6.99. The number of rotatable bonds is 11. The Morgan fingerprint density at radius 1 is 0.898 bits per heavy atom. The van der Waals surface area contributed by atoms with Crippen LogP contribution in [0.2, 0.25) is 11.4 Å². The minimum atomic E-state index is -2.78. The second-order valence-electron chi connectivity index (χ2n) is 13.7. The van der Waals surface area contributed by atoms with Gasteiger partial charge < -0.3 is 19.2 Å². The zero-order valence-corrected chi connectivity index (χ0v) is 29.6. The molecule has 5 aromatic rings. The summed E-state index contributed by atoms with van der Waals surface area (Å²) in [5.74, 6) is 0.255. The molecule has 49 heavy (non-hydrogen) atoms. The largest absolute Gasteiger partial charge is 0.507 e. The highest BCUT2D eigenvalue weighted by Gasteiger charge is 2.50. The molecule has 0 saturated carbocycles. The van der Waals surface area contributed by atoms with Crippen LogP contribution < -0.4 is 10.4 Å². The molecule has 248 valence electrons. The highest BCUT2D eigenvalue weighted by Crippen LogP contribution is 2.38. The zero-order chi connectivity index (χ0) is 34.4. The first kappa shape index (κ1) is 34.3. The van der Waals surface area contributed by atoms with Crippen LogP contribution in [-0.4, -0.2) is 43.3 Å². The Balaban J connectivity index is 1.29. The molecule has 4 aromatic carbocycles. The van der Waals surface area contributed by atoms with Gasteiger partial charge in [-0.25, -0.2) is 0 Å². The van der Waals surface area contributed by atoms with E-state index in [1.165, 1.54) is 10.4 Å². The van der Waals surface area contributed by atoms with E-state index in [-0.39, 0.29) is 16.9 Å². The fourth-order valence-corrected chi connectivity index (χ4v) is 11.6. The number of nitrogens with zero attached hydrogens (tertiary/aromatic N) is 1. The van der Waals surface area contributed by atoms with Crippen LogP contribution in [-0.2, 0) is 9.08 Å². The summed E-state index contributed by atoms with van der Waals surface area (Å²) in [5, 5.41) is 25.2. The van der Waals surface area contributed by atoms with Crippen molar-refractivity contribution in [3.63, 3.8) is 0 Å². The molecule has 1 aromatic heterocycles. The Morgan fingerprint density at radius 2 is 1.53 bits per heavy atom. The van der Waals surface area contributed by atoms with Gasteiger partial charge in [-0.05, 0) is 80.2 Å². The molecule has 0 bridgehead atoms. The number of hydrogen-bond acceptors (Lipinski definition) is 5. The molecular weight excluding hydrogens is 621 g/mol. The van der Waals surface area contributed by atoms with Gasteiger partial charge >= 0.3 is 7.12 Å². The summed E-state index contributed by atoms with van der Waals surface area (Å²) >= 11 is 0. The molecular formula is C42H44BNO4Si. The van der Waals surface area contributed by atoms with Crippen LogP contribution in [0.4, 0.5) is 0 Å². The summed E-state index contributed by atoms with van der Waals surface area (Å²) in [7, 11) is -3.66. The fraction of sp³-hybridized carbons (Fsp3) is 0.214. The van der Waals surface area contributed by atoms with Crippen LogP contribution in [0.1, 0.15) is 44.9 Å². The summed E-state index contributed by atoms with van der Waals surface area (Å²) in [4.78, 5) is 4.69. The monoisotopic (exact) mass is 665 g/mol. The number of hydrogen-bond donors (Lipinski definition) is 2. The molecule has 1 atom stereocenters. The molecule has 2 N–H and O–H groups in total. The summed E-state index contributed by atoms with van der Waals surface area (Å²) in [6.45, 7) is 11.7. The predicted octanol–water partition coefficient (Wildman–Crippen LogP) is 8.20. The first-order chi connectivity index (χ1) is 23.7. The second-order valence-corrected chi connectivity index (χ2v) is 18.0.